The van der Waals surface area contributed by atoms with Gasteiger partial charge in [-0.2, -0.15) is 0 Å². The average Bonchev–Trinajstić information content (AvgIpc) is 2.42. The Morgan fingerprint density at radius 3 is 2.11 bits per heavy atom. The van der Waals surface area contributed by atoms with Gasteiger partial charge in [0.1, 0.15) is 6.42 Å². The Morgan fingerprint density at radius 2 is 1.63 bits per heavy atom. The molecule has 0 aromatic heterocycles. The number of carbonyl (C=O) groups is 2. The molecule has 3 nitrogen and oxygen atoms in total. The molecule has 0 fully saturated rings. The fraction of sp³-hybridized carbons (Fsp3) is 0.500. The molecule has 1 aromatic carbocycles. The van der Waals surface area contributed by atoms with Crippen molar-refractivity contribution < 1.29 is 14.3 Å². The molecular formula is C16H22O3. The van der Waals surface area contributed by atoms with Crippen molar-refractivity contribution in [3.05, 3.63) is 35.9 Å². The van der Waals surface area contributed by atoms with E-state index in [1.165, 1.54) is 0 Å². The zero-order chi connectivity index (χ0) is 14.3. The van der Waals surface area contributed by atoms with Gasteiger partial charge in [0.15, 0.2) is 5.78 Å². The molecule has 1 aromatic rings. The average molecular weight is 262 g/mol. The lowest BCUT2D eigenvalue weighted by Gasteiger charge is -2.30. The number of benzene rings is 1. The van der Waals surface area contributed by atoms with Gasteiger partial charge in [-0.15, -0.1) is 0 Å². The molecule has 0 N–H and O–H groups in total. The lowest BCUT2D eigenvalue weighted by atomic mass is 9.71. The lowest BCUT2D eigenvalue weighted by molar-refractivity contribution is -0.146. The topological polar surface area (TPSA) is 43.4 Å². The second-order valence-electron chi connectivity index (χ2n) is 4.56. The van der Waals surface area contributed by atoms with Gasteiger partial charge in [-0.25, -0.2) is 0 Å². The van der Waals surface area contributed by atoms with E-state index in [1.54, 1.807) is 6.92 Å². The Hall–Kier alpha value is -1.64. The summed E-state index contributed by atoms with van der Waals surface area (Å²) in [4.78, 5) is 24.0. The largest absolute Gasteiger partial charge is 0.466 e. The van der Waals surface area contributed by atoms with Crippen LogP contribution in [0, 0.1) is 0 Å². The summed E-state index contributed by atoms with van der Waals surface area (Å²) in [5, 5.41) is 0. The SMILES string of the molecule is CCOC(=O)CC(=O)C(CC)(CC)c1ccccc1. The third kappa shape index (κ3) is 3.43. The zero-order valence-electron chi connectivity index (χ0n) is 11.9. The van der Waals surface area contributed by atoms with Crippen molar-refractivity contribution in [2.75, 3.05) is 6.61 Å². The molecule has 0 heterocycles. The molecule has 104 valence electrons. The van der Waals surface area contributed by atoms with Crippen LogP contribution in [-0.4, -0.2) is 18.4 Å². The van der Waals surface area contributed by atoms with Crippen LogP contribution in [0.2, 0.25) is 0 Å². The maximum atomic E-state index is 12.5. The summed E-state index contributed by atoms with van der Waals surface area (Å²) in [5.41, 5.74) is 0.405. The molecule has 19 heavy (non-hydrogen) atoms. The summed E-state index contributed by atoms with van der Waals surface area (Å²) in [6.07, 6.45) is 1.22. The van der Waals surface area contributed by atoms with E-state index in [-0.39, 0.29) is 12.2 Å². The van der Waals surface area contributed by atoms with Crippen molar-refractivity contribution in [3.63, 3.8) is 0 Å². The number of hydrogen-bond donors (Lipinski definition) is 0. The van der Waals surface area contributed by atoms with Gasteiger partial charge in [-0.3, -0.25) is 9.59 Å². The monoisotopic (exact) mass is 262 g/mol. The van der Waals surface area contributed by atoms with Gasteiger partial charge in [0, 0.05) is 0 Å². The first kappa shape index (κ1) is 15.4. The fourth-order valence-corrected chi connectivity index (χ4v) is 2.48. The smallest absolute Gasteiger partial charge is 0.313 e. The third-order valence-corrected chi connectivity index (χ3v) is 3.68. The minimum absolute atomic E-state index is 0.0536. The molecule has 0 amide bonds. The van der Waals surface area contributed by atoms with Crippen molar-refractivity contribution in [2.24, 2.45) is 0 Å². The van der Waals surface area contributed by atoms with Gasteiger partial charge in [0.2, 0.25) is 0 Å². The van der Waals surface area contributed by atoms with Gasteiger partial charge in [0.05, 0.1) is 12.0 Å². The van der Waals surface area contributed by atoms with E-state index in [1.807, 2.05) is 44.2 Å². The van der Waals surface area contributed by atoms with Crippen LogP contribution in [0.25, 0.3) is 0 Å². The van der Waals surface area contributed by atoms with Gasteiger partial charge in [-0.05, 0) is 25.3 Å². The number of carbonyl (C=O) groups excluding carboxylic acids is 2. The van der Waals surface area contributed by atoms with Crippen LogP contribution in [0.5, 0.6) is 0 Å². The molecule has 0 unspecified atom stereocenters. The number of ketones is 1. The van der Waals surface area contributed by atoms with Crippen LogP contribution in [0.1, 0.15) is 45.6 Å². The van der Waals surface area contributed by atoms with Crippen LogP contribution in [0.15, 0.2) is 30.3 Å². The number of esters is 1. The van der Waals surface area contributed by atoms with Gasteiger partial charge >= 0.3 is 5.97 Å². The van der Waals surface area contributed by atoms with Gasteiger partial charge in [-0.1, -0.05) is 44.2 Å². The van der Waals surface area contributed by atoms with E-state index >= 15 is 0 Å². The Kier molecular flexibility index (Phi) is 5.74. The summed E-state index contributed by atoms with van der Waals surface area (Å²) >= 11 is 0. The molecule has 0 aliphatic heterocycles. The van der Waals surface area contributed by atoms with Crippen LogP contribution in [0.3, 0.4) is 0 Å². The van der Waals surface area contributed by atoms with Gasteiger partial charge < -0.3 is 4.74 Å². The van der Waals surface area contributed by atoms with Crippen molar-refractivity contribution in [1.82, 2.24) is 0 Å². The van der Waals surface area contributed by atoms with Crippen molar-refractivity contribution in [3.8, 4) is 0 Å². The zero-order valence-corrected chi connectivity index (χ0v) is 11.9. The molecule has 3 heteroatoms. The summed E-state index contributed by atoms with van der Waals surface area (Å²) < 4.78 is 4.87. The first-order valence-electron chi connectivity index (χ1n) is 6.85. The maximum absolute atomic E-state index is 12.5. The Bertz CT molecular complexity index is 419. The quantitative estimate of drug-likeness (QED) is 0.559. The normalized spacial score (nSPS) is 11.1. The molecule has 0 bridgehead atoms. The van der Waals surface area contributed by atoms with E-state index in [4.69, 9.17) is 4.74 Å². The molecule has 0 spiro atoms. The predicted octanol–water partition coefficient (Wildman–Crippen LogP) is 3.27. The second-order valence-corrected chi connectivity index (χ2v) is 4.56. The summed E-state index contributed by atoms with van der Waals surface area (Å²) in [6.45, 7) is 6.02. The molecule has 0 aliphatic carbocycles. The molecule has 0 saturated heterocycles. The Morgan fingerprint density at radius 1 is 1.05 bits per heavy atom. The minimum atomic E-state index is -0.575. The van der Waals surface area contributed by atoms with E-state index in [0.717, 1.165) is 5.56 Å². The first-order chi connectivity index (χ1) is 9.10. The molecule has 0 saturated carbocycles. The molecule has 0 radical (unpaired) electrons. The van der Waals surface area contributed by atoms with Crippen molar-refractivity contribution in [1.29, 1.82) is 0 Å². The number of hydrogen-bond acceptors (Lipinski definition) is 3. The maximum Gasteiger partial charge on any atom is 0.313 e. The van der Waals surface area contributed by atoms with Crippen molar-refractivity contribution in [2.45, 2.75) is 45.4 Å². The van der Waals surface area contributed by atoms with Crippen LogP contribution < -0.4 is 0 Å². The van der Waals surface area contributed by atoms with Gasteiger partial charge in [0.25, 0.3) is 0 Å². The van der Waals surface area contributed by atoms with E-state index in [9.17, 15) is 9.59 Å². The van der Waals surface area contributed by atoms with Crippen LogP contribution in [-0.2, 0) is 19.7 Å². The predicted molar refractivity (Wildman–Crippen MR) is 75.0 cm³/mol. The summed E-state index contributed by atoms with van der Waals surface area (Å²) in [7, 11) is 0. The number of ether oxygens (including phenoxy) is 1. The first-order valence-corrected chi connectivity index (χ1v) is 6.85. The second kappa shape index (κ2) is 7.07. The highest BCUT2D eigenvalue weighted by molar-refractivity contribution is 6.01. The van der Waals surface area contributed by atoms with Crippen LogP contribution >= 0.6 is 0 Å². The number of rotatable bonds is 7. The van der Waals surface area contributed by atoms with Crippen molar-refractivity contribution >= 4 is 11.8 Å². The molecular weight excluding hydrogens is 240 g/mol. The highest BCUT2D eigenvalue weighted by atomic mass is 16.5. The van der Waals surface area contributed by atoms with E-state index in [0.29, 0.717) is 19.4 Å². The molecule has 1 rings (SSSR count). The standard InChI is InChI=1S/C16H22O3/c1-4-16(5-2,13-10-8-7-9-11-13)14(17)12-15(18)19-6-3/h7-11H,4-6,12H2,1-3H3. The highest BCUT2D eigenvalue weighted by Crippen LogP contribution is 2.33. The molecule has 0 aliphatic rings. The fourth-order valence-electron chi connectivity index (χ4n) is 2.48. The third-order valence-electron chi connectivity index (χ3n) is 3.68. The Labute approximate surface area is 115 Å². The van der Waals surface area contributed by atoms with E-state index < -0.39 is 11.4 Å². The Balaban J connectivity index is 3.00. The highest BCUT2D eigenvalue weighted by Gasteiger charge is 2.37. The lowest BCUT2D eigenvalue weighted by Crippen LogP contribution is -2.36. The summed E-state index contributed by atoms with van der Waals surface area (Å²) in [5.74, 6) is -0.489. The minimum Gasteiger partial charge on any atom is -0.466 e. The number of Topliss-reactive ketones (excluding diaryl/α,β-unsaturated/α-hetero) is 1. The van der Waals surface area contributed by atoms with Crippen LogP contribution in [0.4, 0.5) is 0 Å². The molecule has 0 atom stereocenters. The summed E-state index contributed by atoms with van der Waals surface area (Å²) in [6, 6.07) is 9.68. The van der Waals surface area contributed by atoms with E-state index in [2.05, 4.69) is 0 Å².